The Morgan fingerprint density at radius 3 is 2.75 bits per heavy atom. The van der Waals surface area contributed by atoms with Crippen LogP contribution in [0.3, 0.4) is 0 Å². The highest BCUT2D eigenvalue weighted by atomic mass is 16.3. The van der Waals surface area contributed by atoms with Crippen LogP contribution >= 0.6 is 0 Å². The average Bonchev–Trinajstić information content (AvgIpc) is 3.08. The third kappa shape index (κ3) is 4.35. The van der Waals surface area contributed by atoms with E-state index in [2.05, 4.69) is 15.5 Å². The highest BCUT2D eigenvalue weighted by Gasteiger charge is 2.30. The number of aliphatic hydroxyl groups excluding tert-OH is 1. The van der Waals surface area contributed by atoms with E-state index in [4.69, 9.17) is 5.11 Å². The van der Waals surface area contributed by atoms with Crippen LogP contribution in [0.1, 0.15) is 51.9 Å². The van der Waals surface area contributed by atoms with Crippen LogP contribution < -0.4 is 10.6 Å². The SMILES string of the molecule is CCC(CCO)NC(=O)NC1CCN(C2CCCC2)C1. The molecule has 1 saturated carbocycles. The second-order valence-corrected chi connectivity index (χ2v) is 6.15. The summed E-state index contributed by atoms with van der Waals surface area (Å²) in [6.07, 6.45) is 7.91. The first kappa shape index (κ1) is 15.6. The van der Waals surface area contributed by atoms with Crippen LogP contribution in [0.15, 0.2) is 0 Å². The maximum atomic E-state index is 11.9. The minimum absolute atomic E-state index is 0.0762. The lowest BCUT2D eigenvalue weighted by Crippen LogP contribution is -2.47. The van der Waals surface area contributed by atoms with Gasteiger partial charge in [-0.2, -0.15) is 0 Å². The van der Waals surface area contributed by atoms with Crippen LogP contribution in [-0.4, -0.2) is 53.9 Å². The number of amides is 2. The van der Waals surface area contributed by atoms with E-state index in [9.17, 15) is 4.79 Å². The molecule has 2 aliphatic rings. The van der Waals surface area contributed by atoms with Crippen molar-refractivity contribution in [1.82, 2.24) is 15.5 Å². The molecule has 0 bridgehead atoms. The van der Waals surface area contributed by atoms with Gasteiger partial charge in [-0.15, -0.1) is 0 Å². The molecule has 116 valence electrons. The van der Waals surface area contributed by atoms with Gasteiger partial charge >= 0.3 is 6.03 Å². The molecule has 5 nitrogen and oxygen atoms in total. The second-order valence-electron chi connectivity index (χ2n) is 6.15. The Hall–Kier alpha value is -0.810. The molecule has 0 aromatic carbocycles. The fourth-order valence-corrected chi connectivity index (χ4v) is 3.45. The lowest BCUT2D eigenvalue weighted by molar-refractivity contribution is 0.219. The van der Waals surface area contributed by atoms with Crippen LogP contribution in [0.5, 0.6) is 0 Å². The Morgan fingerprint density at radius 1 is 1.35 bits per heavy atom. The van der Waals surface area contributed by atoms with Gasteiger partial charge in [-0.3, -0.25) is 4.90 Å². The summed E-state index contributed by atoms with van der Waals surface area (Å²) in [7, 11) is 0. The second kappa shape index (κ2) is 7.84. The van der Waals surface area contributed by atoms with Crippen molar-refractivity contribution in [3.8, 4) is 0 Å². The van der Waals surface area contributed by atoms with Crippen molar-refractivity contribution in [1.29, 1.82) is 0 Å². The van der Waals surface area contributed by atoms with E-state index in [0.717, 1.165) is 32.0 Å². The maximum absolute atomic E-state index is 11.9. The Kier molecular flexibility index (Phi) is 6.10. The normalized spacial score (nSPS) is 25.8. The van der Waals surface area contributed by atoms with Gasteiger partial charge in [0.1, 0.15) is 0 Å². The van der Waals surface area contributed by atoms with E-state index in [1.807, 2.05) is 6.92 Å². The van der Waals surface area contributed by atoms with E-state index >= 15 is 0 Å². The molecule has 20 heavy (non-hydrogen) atoms. The molecule has 2 atom stereocenters. The maximum Gasteiger partial charge on any atom is 0.315 e. The summed E-state index contributed by atoms with van der Waals surface area (Å²) in [6, 6.07) is 1.03. The summed E-state index contributed by atoms with van der Waals surface area (Å²) in [5, 5.41) is 15.0. The number of urea groups is 1. The van der Waals surface area contributed by atoms with E-state index in [1.54, 1.807) is 0 Å². The third-order valence-corrected chi connectivity index (χ3v) is 4.70. The molecule has 2 amide bonds. The van der Waals surface area contributed by atoms with Gasteiger partial charge in [0.2, 0.25) is 0 Å². The number of likely N-dealkylation sites (tertiary alicyclic amines) is 1. The van der Waals surface area contributed by atoms with E-state index < -0.39 is 0 Å². The first-order valence-electron chi connectivity index (χ1n) is 8.14. The van der Waals surface area contributed by atoms with Gasteiger partial charge in [-0.1, -0.05) is 19.8 Å². The van der Waals surface area contributed by atoms with Crippen molar-refractivity contribution in [3.05, 3.63) is 0 Å². The molecule has 2 fully saturated rings. The summed E-state index contributed by atoms with van der Waals surface area (Å²) in [4.78, 5) is 14.5. The molecule has 5 heteroatoms. The van der Waals surface area contributed by atoms with E-state index in [0.29, 0.717) is 6.42 Å². The van der Waals surface area contributed by atoms with Crippen molar-refractivity contribution in [2.75, 3.05) is 19.7 Å². The predicted molar refractivity (Wildman–Crippen MR) is 79.7 cm³/mol. The number of carbonyl (C=O) groups is 1. The van der Waals surface area contributed by atoms with Crippen molar-refractivity contribution >= 4 is 6.03 Å². The fraction of sp³-hybridized carbons (Fsp3) is 0.933. The quantitative estimate of drug-likeness (QED) is 0.691. The van der Waals surface area contributed by atoms with Crippen molar-refractivity contribution in [3.63, 3.8) is 0 Å². The van der Waals surface area contributed by atoms with Crippen molar-refractivity contribution < 1.29 is 9.90 Å². The number of aliphatic hydroxyl groups is 1. The third-order valence-electron chi connectivity index (χ3n) is 4.70. The molecule has 2 rings (SSSR count). The molecule has 0 aromatic rings. The van der Waals surface area contributed by atoms with Gasteiger partial charge in [0, 0.05) is 37.8 Å². The minimum atomic E-state index is -0.0800. The molecular weight excluding hydrogens is 254 g/mol. The largest absolute Gasteiger partial charge is 0.396 e. The van der Waals surface area contributed by atoms with Gasteiger partial charge in [0.15, 0.2) is 0 Å². The monoisotopic (exact) mass is 283 g/mol. The molecule has 1 saturated heterocycles. The zero-order valence-electron chi connectivity index (χ0n) is 12.6. The fourth-order valence-electron chi connectivity index (χ4n) is 3.45. The number of hydrogen-bond donors (Lipinski definition) is 3. The van der Waals surface area contributed by atoms with E-state index in [-0.39, 0.29) is 24.7 Å². The standard InChI is InChI=1S/C15H29N3O2/c1-2-12(8-10-19)16-15(20)17-13-7-9-18(11-13)14-5-3-4-6-14/h12-14,19H,2-11H2,1H3,(H2,16,17,20). The molecular formula is C15H29N3O2. The lowest BCUT2D eigenvalue weighted by Gasteiger charge is -2.24. The summed E-state index contributed by atoms with van der Waals surface area (Å²) in [6.45, 7) is 4.26. The number of rotatable bonds is 6. The van der Waals surface area contributed by atoms with Crippen LogP contribution in [-0.2, 0) is 0 Å². The Morgan fingerprint density at radius 2 is 2.10 bits per heavy atom. The first-order chi connectivity index (χ1) is 9.72. The Bertz CT molecular complexity index is 305. The first-order valence-corrected chi connectivity index (χ1v) is 8.14. The van der Waals surface area contributed by atoms with Crippen LogP contribution in [0, 0.1) is 0 Å². The molecule has 1 heterocycles. The minimum Gasteiger partial charge on any atom is -0.396 e. The summed E-state index contributed by atoms with van der Waals surface area (Å²) in [5.41, 5.74) is 0. The zero-order valence-corrected chi connectivity index (χ0v) is 12.6. The van der Waals surface area contributed by atoms with Crippen LogP contribution in [0.25, 0.3) is 0 Å². The molecule has 1 aliphatic heterocycles. The molecule has 1 aliphatic carbocycles. The Balaban J connectivity index is 1.69. The predicted octanol–water partition coefficient (Wildman–Crippen LogP) is 1.46. The summed E-state index contributed by atoms with van der Waals surface area (Å²) >= 11 is 0. The molecule has 0 radical (unpaired) electrons. The molecule has 0 spiro atoms. The lowest BCUT2D eigenvalue weighted by atomic mass is 10.1. The molecule has 0 aromatic heterocycles. The Labute approximate surface area is 122 Å². The zero-order chi connectivity index (χ0) is 14.4. The van der Waals surface area contributed by atoms with Gasteiger partial charge in [0.05, 0.1) is 0 Å². The summed E-state index contributed by atoms with van der Waals surface area (Å²) < 4.78 is 0. The average molecular weight is 283 g/mol. The van der Waals surface area contributed by atoms with Crippen molar-refractivity contribution in [2.24, 2.45) is 0 Å². The van der Waals surface area contributed by atoms with Gasteiger partial charge < -0.3 is 15.7 Å². The van der Waals surface area contributed by atoms with Crippen molar-refractivity contribution in [2.45, 2.75) is 70.0 Å². The number of nitrogens with one attached hydrogen (secondary N) is 2. The van der Waals surface area contributed by atoms with E-state index in [1.165, 1.54) is 25.7 Å². The highest BCUT2D eigenvalue weighted by Crippen LogP contribution is 2.26. The van der Waals surface area contributed by atoms with Crippen LogP contribution in [0.4, 0.5) is 4.79 Å². The summed E-state index contributed by atoms with van der Waals surface area (Å²) in [5.74, 6) is 0. The van der Waals surface area contributed by atoms with Gasteiger partial charge in [-0.25, -0.2) is 4.79 Å². The number of carbonyl (C=O) groups excluding carboxylic acids is 1. The molecule has 2 unspecified atom stereocenters. The highest BCUT2D eigenvalue weighted by molar-refractivity contribution is 5.74. The smallest absolute Gasteiger partial charge is 0.315 e. The van der Waals surface area contributed by atoms with Gasteiger partial charge in [-0.05, 0) is 32.1 Å². The van der Waals surface area contributed by atoms with Gasteiger partial charge in [0.25, 0.3) is 0 Å². The molecule has 3 N–H and O–H groups in total. The number of nitrogens with zero attached hydrogens (tertiary/aromatic N) is 1. The van der Waals surface area contributed by atoms with Crippen LogP contribution in [0.2, 0.25) is 0 Å². The number of hydrogen-bond acceptors (Lipinski definition) is 3. The topological polar surface area (TPSA) is 64.6 Å².